The topological polar surface area (TPSA) is 32.3 Å². The predicted octanol–water partition coefficient (Wildman–Crippen LogP) is 2.65. The van der Waals surface area contributed by atoms with Crippen molar-refractivity contribution in [3.8, 4) is 0 Å². The number of thiophene rings is 1. The fraction of sp³-hybridized carbons (Fsp3) is 0.615. The highest BCUT2D eigenvalue weighted by Crippen LogP contribution is 2.26. The van der Waals surface area contributed by atoms with Crippen molar-refractivity contribution in [1.82, 2.24) is 10.2 Å². The summed E-state index contributed by atoms with van der Waals surface area (Å²) in [5, 5.41) is 3.24. The van der Waals surface area contributed by atoms with Gasteiger partial charge < -0.3 is 10.2 Å². The van der Waals surface area contributed by atoms with E-state index < -0.39 is 0 Å². The fourth-order valence-electron chi connectivity index (χ4n) is 2.02. The van der Waals surface area contributed by atoms with Gasteiger partial charge in [0, 0.05) is 24.0 Å². The first-order valence-electron chi connectivity index (χ1n) is 6.45. The summed E-state index contributed by atoms with van der Waals surface area (Å²) >= 11 is 5.21. The van der Waals surface area contributed by atoms with Gasteiger partial charge in [0.25, 0.3) is 0 Å². The third-order valence-corrected chi connectivity index (χ3v) is 4.79. The molecule has 0 bridgehead atoms. The second-order valence-electron chi connectivity index (χ2n) is 4.54. The zero-order valence-electron chi connectivity index (χ0n) is 10.6. The second kappa shape index (κ2) is 6.68. The van der Waals surface area contributed by atoms with Crippen molar-refractivity contribution in [2.75, 3.05) is 19.6 Å². The van der Waals surface area contributed by atoms with Crippen LogP contribution in [0.2, 0.25) is 0 Å². The van der Waals surface area contributed by atoms with E-state index >= 15 is 0 Å². The summed E-state index contributed by atoms with van der Waals surface area (Å²) < 4.78 is 1.17. The Morgan fingerprint density at radius 2 is 2.33 bits per heavy atom. The average molecular weight is 331 g/mol. The number of carbonyl (C=O) groups is 1. The second-order valence-corrected chi connectivity index (χ2v) is 7.09. The predicted molar refractivity (Wildman–Crippen MR) is 79.0 cm³/mol. The van der Waals surface area contributed by atoms with Crippen molar-refractivity contribution >= 4 is 33.2 Å². The highest BCUT2D eigenvalue weighted by Gasteiger charge is 2.30. The molecule has 1 aromatic rings. The summed E-state index contributed by atoms with van der Waals surface area (Å²) in [5.41, 5.74) is 0. The van der Waals surface area contributed by atoms with Gasteiger partial charge in [0.05, 0.1) is 10.3 Å². The number of hydrogen-bond acceptors (Lipinski definition) is 3. The molecule has 18 heavy (non-hydrogen) atoms. The number of halogens is 1. The minimum atomic E-state index is 0.243. The van der Waals surface area contributed by atoms with Gasteiger partial charge in [-0.2, -0.15) is 0 Å². The lowest BCUT2D eigenvalue weighted by molar-refractivity contribution is -0.130. The molecule has 1 aromatic heterocycles. The van der Waals surface area contributed by atoms with E-state index in [2.05, 4.69) is 40.3 Å². The third-order valence-electron chi connectivity index (χ3n) is 3.10. The molecule has 1 heterocycles. The Morgan fingerprint density at radius 3 is 2.89 bits per heavy atom. The van der Waals surface area contributed by atoms with Crippen molar-refractivity contribution in [1.29, 1.82) is 0 Å². The van der Waals surface area contributed by atoms with Crippen LogP contribution in [0.5, 0.6) is 0 Å². The molecule has 3 nitrogen and oxygen atoms in total. The maximum atomic E-state index is 11.9. The van der Waals surface area contributed by atoms with Crippen molar-refractivity contribution in [2.24, 2.45) is 0 Å². The van der Waals surface area contributed by atoms with E-state index in [1.807, 2.05) is 4.90 Å². The maximum absolute atomic E-state index is 11.9. The first kappa shape index (κ1) is 14.0. The first-order chi connectivity index (χ1) is 8.70. The van der Waals surface area contributed by atoms with Gasteiger partial charge in [0.2, 0.25) is 5.91 Å². The Balaban J connectivity index is 1.64. The van der Waals surface area contributed by atoms with Crippen molar-refractivity contribution < 1.29 is 4.79 Å². The van der Waals surface area contributed by atoms with Gasteiger partial charge >= 0.3 is 0 Å². The summed E-state index contributed by atoms with van der Waals surface area (Å²) in [6, 6.07) is 4.72. The molecule has 0 atom stereocenters. The lowest BCUT2D eigenvalue weighted by Crippen LogP contribution is -2.39. The number of carbonyl (C=O) groups excluding carboxylic acids is 1. The molecule has 0 radical (unpaired) electrons. The molecule has 1 saturated carbocycles. The zero-order valence-corrected chi connectivity index (χ0v) is 13.0. The number of likely N-dealkylation sites (N-methyl/N-ethyl adjacent to an activating group) is 1. The van der Waals surface area contributed by atoms with Gasteiger partial charge in [-0.15, -0.1) is 11.3 Å². The van der Waals surface area contributed by atoms with Crippen LogP contribution in [-0.4, -0.2) is 36.5 Å². The smallest absolute Gasteiger partial charge is 0.236 e. The van der Waals surface area contributed by atoms with E-state index in [0.29, 0.717) is 12.6 Å². The molecule has 1 amide bonds. The van der Waals surface area contributed by atoms with Gasteiger partial charge in [0.1, 0.15) is 0 Å². The van der Waals surface area contributed by atoms with Crippen LogP contribution < -0.4 is 5.32 Å². The van der Waals surface area contributed by atoms with Crippen LogP contribution in [0.1, 0.15) is 24.6 Å². The lowest BCUT2D eigenvalue weighted by Gasteiger charge is -2.20. The van der Waals surface area contributed by atoms with Gasteiger partial charge in [0.15, 0.2) is 0 Å². The molecular weight excluding hydrogens is 312 g/mol. The molecule has 0 saturated heterocycles. The van der Waals surface area contributed by atoms with E-state index in [9.17, 15) is 4.79 Å². The Labute approximate surface area is 121 Å². The van der Waals surface area contributed by atoms with E-state index in [1.54, 1.807) is 11.3 Å². The Kier molecular flexibility index (Phi) is 5.21. The summed E-state index contributed by atoms with van der Waals surface area (Å²) in [4.78, 5) is 15.3. The zero-order chi connectivity index (χ0) is 13.0. The van der Waals surface area contributed by atoms with Gasteiger partial charge in [-0.05, 0) is 54.2 Å². The molecule has 0 spiro atoms. The number of nitrogens with zero attached hydrogens (tertiary/aromatic N) is 1. The number of nitrogens with one attached hydrogen (secondary N) is 1. The van der Waals surface area contributed by atoms with Crippen LogP contribution in [0.25, 0.3) is 0 Å². The summed E-state index contributed by atoms with van der Waals surface area (Å²) in [7, 11) is 0. The fourth-order valence-corrected chi connectivity index (χ4v) is 3.50. The highest BCUT2D eigenvalue weighted by atomic mass is 79.9. The Bertz CT molecular complexity index is 403. The van der Waals surface area contributed by atoms with E-state index in [4.69, 9.17) is 0 Å². The normalized spacial score (nSPS) is 14.8. The molecule has 1 aliphatic carbocycles. The SMILES string of the molecule is CCN(C(=O)CNCCc1ccc(Br)s1)C1CC1. The molecule has 1 aliphatic rings. The van der Waals surface area contributed by atoms with Crippen LogP contribution in [0.4, 0.5) is 0 Å². The standard InChI is InChI=1S/C13H19BrN2OS/c1-2-16(10-3-4-10)13(17)9-15-8-7-11-5-6-12(14)18-11/h5-6,10,15H,2-4,7-9H2,1H3. The molecule has 0 unspecified atom stereocenters. The van der Waals surface area contributed by atoms with E-state index in [1.165, 1.54) is 21.5 Å². The molecule has 2 rings (SSSR count). The van der Waals surface area contributed by atoms with Crippen LogP contribution in [-0.2, 0) is 11.2 Å². The van der Waals surface area contributed by atoms with Crippen LogP contribution in [0, 0.1) is 0 Å². The molecular formula is C13H19BrN2OS. The Morgan fingerprint density at radius 1 is 1.56 bits per heavy atom. The van der Waals surface area contributed by atoms with Crippen LogP contribution in [0.15, 0.2) is 15.9 Å². The summed E-state index contributed by atoms with van der Waals surface area (Å²) in [6.07, 6.45) is 3.35. The number of hydrogen-bond donors (Lipinski definition) is 1. The maximum Gasteiger partial charge on any atom is 0.236 e. The molecule has 100 valence electrons. The third kappa shape index (κ3) is 4.07. The lowest BCUT2D eigenvalue weighted by atomic mass is 10.3. The average Bonchev–Trinajstić information content (AvgIpc) is 3.09. The molecule has 5 heteroatoms. The largest absolute Gasteiger partial charge is 0.339 e. The minimum absolute atomic E-state index is 0.243. The van der Waals surface area contributed by atoms with E-state index in [-0.39, 0.29) is 5.91 Å². The minimum Gasteiger partial charge on any atom is -0.339 e. The Hall–Kier alpha value is -0.390. The molecule has 1 fully saturated rings. The summed E-state index contributed by atoms with van der Waals surface area (Å²) in [6.45, 7) is 4.22. The van der Waals surface area contributed by atoms with Crippen molar-refractivity contribution in [3.05, 3.63) is 20.8 Å². The van der Waals surface area contributed by atoms with Gasteiger partial charge in [-0.3, -0.25) is 4.79 Å². The number of amides is 1. The molecule has 0 aliphatic heterocycles. The molecule has 1 N–H and O–H groups in total. The van der Waals surface area contributed by atoms with Crippen LogP contribution in [0.3, 0.4) is 0 Å². The highest BCUT2D eigenvalue weighted by molar-refractivity contribution is 9.11. The monoisotopic (exact) mass is 330 g/mol. The van der Waals surface area contributed by atoms with Gasteiger partial charge in [-0.1, -0.05) is 0 Å². The van der Waals surface area contributed by atoms with Crippen LogP contribution >= 0.6 is 27.3 Å². The quantitative estimate of drug-likeness (QED) is 0.779. The molecule has 0 aromatic carbocycles. The van der Waals surface area contributed by atoms with Crippen molar-refractivity contribution in [2.45, 2.75) is 32.2 Å². The number of rotatable bonds is 7. The van der Waals surface area contributed by atoms with E-state index in [0.717, 1.165) is 19.5 Å². The first-order valence-corrected chi connectivity index (χ1v) is 8.06. The van der Waals surface area contributed by atoms with Crippen molar-refractivity contribution in [3.63, 3.8) is 0 Å². The van der Waals surface area contributed by atoms with Gasteiger partial charge in [-0.25, -0.2) is 0 Å². The summed E-state index contributed by atoms with van der Waals surface area (Å²) in [5.74, 6) is 0.243.